The summed E-state index contributed by atoms with van der Waals surface area (Å²) in [6.45, 7) is 0. The zero-order chi connectivity index (χ0) is 19.0. The molecule has 9 heteroatoms. The number of pyridine rings is 2. The molecule has 1 fully saturated rings. The predicted octanol–water partition coefficient (Wildman–Crippen LogP) is 3.44. The second kappa shape index (κ2) is 6.98. The van der Waals surface area contributed by atoms with Crippen LogP contribution in [0.15, 0.2) is 42.7 Å². The summed E-state index contributed by atoms with van der Waals surface area (Å²) < 4.78 is 14.3. The van der Waals surface area contributed by atoms with Crippen molar-refractivity contribution in [2.24, 2.45) is 5.73 Å². The number of rotatable bonds is 5. The molecule has 0 radical (unpaired) electrons. The van der Waals surface area contributed by atoms with Gasteiger partial charge < -0.3 is 15.9 Å². The first-order chi connectivity index (χ1) is 13.0. The summed E-state index contributed by atoms with van der Waals surface area (Å²) in [6, 6.07) is 7.92. The maximum Gasteiger partial charge on any atom is 0.299 e. The smallest absolute Gasteiger partial charge is 0.299 e. The van der Waals surface area contributed by atoms with Gasteiger partial charge in [-0.05, 0) is 42.3 Å². The number of nitrogens with one attached hydrogen (secondary N) is 3. The Morgan fingerprint density at radius 3 is 2.96 bits per heavy atom. The first-order valence-corrected chi connectivity index (χ1v) is 8.62. The molecule has 0 bridgehead atoms. The first kappa shape index (κ1) is 17.4. The van der Waals surface area contributed by atoms with Gasteiger partial charge in [0.15, 0.2) is 5.82 Å². The van der Waals surface area contributed by atoms with Crippen LogP contribution in [0.4, 0.5) is 15.9 Å². The highest BCUT2D eigenvalue weighted by Gasteiger charge is 2.41. The average Bonchev–Trinajstić information content (AvgIpc) is 3.41. The summed E-state index contributed by atoms with van der Waals surface area (Å²) in [6.07, 6.45) is 3.91. The Morgan fingerprint density at radius 1 is 1.30 bits per heavy atom. The SMILES string of the molecule is N=C(N)ON[C@@H]1C[C@@H]1c1cc(Nc2nccc3cc(Cl)cnc23)ccc1F. The van der Waals surface area contributed by atoms with Gasteiger partial charge in [0.1, 0.15) is 11.3 Å². The third kappa shape index (κ3) is 3.76. The molecule has 2 atom stereocenters. The first-order valence-electron chi connectivity index (χ1n) is 8.24. The molecule has 27 heavy (non-hydrogen) atoms. The van der Waals surface area contributed by atoms with Gasteiger partial charge in [-0.2, -0.15) is 0 Å². The van der Waals surface area contributed by atoms with Crippen molar-refractivity contribution in [3.63, 3.8) is 0 Å². The van der Waals surface area contributed by atoms with E-state index >= 15 is 0 Å². The molecule has 1 aromatic carbocycles. The van der Waals surface area contributed by atoms with Crippen LogP contribution >= 0.6 is 11.6 Å². The number of benzene rings is 1. The quantitative estimate of drug-likeness (QED) is 0.304. The summed E-state index contributed by atoms with van der Waals surface area (Å²) in [7, 11) is 0. The molecule has 2 heterocycles. The van der Waals surface area contributed by atoms with E-state index in [4.69, 9.17) is 27.6 Å². The number of anilines is 2. The van der Waals surface area contributed by atoms with Crippen LogP contribution in [-0.4, -0.2) is 22.0 Å². The predicted molar refractivity (Wildman–Crippen MR) is 102 cm³/mol. The minimum Gasteiger partial charge on any atom is -0.371 e. The summed E-state index contributed by atoms with van der Waals surface area (Å²) in [4.78, 5) is 13.4. The lowest BCUT2D eigenvalue weighted by Crippen LogP contribution is -2.27. The Balaban J connectivity index is 1.57. The van der Waals surface area contributed by atoms with E-state index in [0.29, 0.717) is 34.0 Å². The molecule has 0 amide bonds. The number of hydrogen-bond acceptors (Lipinski definition) is 6. The van der Waals surface area contributed by atoms with Crippen LogP contribution in [0.2, 0.25) is 5.02 Å². The van der Waals surface area contributed by atoms with Crippen LogP contribution in [0, 0.1) is 11.2 Å². The van der Waals surface area contributed by atoms with Crippen LogP contribution in [0.5, 0.6) is 0 Å². The molecule has 1 aliphatic carbocycles. The van der Waals surface area contributed by atoms with E-state index in [1.165, 1.54) is 6.07 Å². The van der Waals surface area contributed by atoms with E-state index in [-0.39, 0.29) is 17.8 Å². The fourth-order valence-electron chi connectivity index (χ4n) is 2.98. The Labute approximate surface area is 159 Å². The fraction of sp³-hybridized carbons (Fsp3) is 0.167. The number of amidine groups is 1. The van der Waals surface area contributed by atoms with Gasteiger partial charge in [0.2, 0.25) is 0 Å². The van der Waals surface area contributed by atoms with Crippen molar-refractivity contribution in [3.05, 3.63) is 59.1 Å². The molecular weight excluding hydrogens is 371 g/mol. The number of aromatic nitrogens is 2. The second-order valence-electron chi connectivity index (χ2n) is 6.28. The van der Waals surface area contributed by atoms with Gasteiger partial charge in [0.05, 0.1) is 11.1 Å². The van der Waals surface area contributed by atoms with Gasteiger partial charge in [-0.1, -0.05) is 11.6 Å². The number of nitrogens with two attached hydrogens (primary N) is 1. The van der Waals surface area contributed by atoms with Gasteiger partial charge >= 0.3 is 0 Å². The van der Waals surface area contributed by atoms with Crippen molar-refractivity contribution in [1.82, 2.24) is 15.4 Å². The number of fused-ring (bicyclic) bond motifs is 1. The van der Waals surface area contributed by atoms with E-state index in [2.05, 4.69) is 20.8 Å². The highest BCUT2D eigenvalue weighted by molar-refractivity contribution is 6.31. The number of halogens is 2. The molecule has 2 aromatic heterocycles. The van der Waals surface area contributed by atoms with Gasteiger partial charge in [-0.3, -0.25) is 10.4 Å². The average molecular weight is 387 g/mol. The lowest BCUT2D eigenvalue weighted by atomic mass is 10.1. The highest BCUT2D eigenvalue weighted by atomic mass is 35.5. The molecule has 4 rings (SSSR count). The summed E-state index contributed by atoms with van der Waals surface area (Å²) in [5.74, 6) is 0.212. The van der Waals surface area contributed by atoms with E-state index < -0.39 is 6.02 Å². The minimum absolute atomic E-state index is 0.0523. The molecule has 5 N–H and O–H groups in total. The number of nitrogens with zero attached hydrogens (tertiary/aromatic N) is 2. The Kier molecular flexibility index (Phi) is 4.51. The molecule has 0 aliphatic heterocycles. The van der Waals surface area contributed by atoms with Crippen molar-refractivity contribution >= 4 is 40.0 Å². The van der Waals surface area contributed by atoms with Crippen LogP contribution in [0.25, 0.3) is 10.9 Å². The Hall–Kier alpha value is -2.97. The van der Waals surface area contributed by atoms with Crippen molar-refractivity contribution in [3.8, 4) is 0 Å². The van der Waals surface area contributed by atoms with Crippen LogP contribution in [0.3, 0.4) is 0 Å². The van der Waals surface area contributed by atoms with Crippen molar-refractivity contribution in [2.45, 2.75) is 18.4 Å². The van der Waals surface area contributed by atoms with E-state index in [1.807, 2.05) is 12.1 Å². The fourth-order valence-corrected chi connectivity index (χ4v) is 3.14. The molecule has 1 saturated carbocycles. The minimum atomic E-state index is -0.425. The van der Waals surface area contributed by atoms with Crippen molar-refractivity contribution in [2.75, 3.05) is 5.32 Å². The lowest BCUT2D eigenvalue weighted by molar-refractivity contribution is 0.167. The normalized spacial score (nSPS) is 18.3. The Bertz CT molecular complexity index is 1030. The van der Waals surface area contributed by atoms with Gasteiger partial charge in [-0.15, -0.1) is 5.48 Å². The van der Waals surface area contributed by atoms with Crippen LogP contribution < -0.4 is 16.5 Å². The molecule has 7 nitrogen and oxygen atoms in total. The molecule has 138 valence electrons. The third-order valence-electron chi connectivity index (χ3n) is 4.33. The second-order valence-corrected chi connectivity index (χ2v) is 6.72. The van der Waals surface area contributed by atoms with Crippen LogP contribution in [-0.2, 0) is 4.84 Å². The van der Waals surface area contributed by atoms with Crippen molar-refractivity contribution in [1.29, 1.82) is 5.41 Å². The van der Waals surface area contributed by atoms with Gasteiger partial charge in [0.25, 0.3) is 6.02 Å². The summed E-state index contributed by atoms with van der Waals surface area (Å²) in [5.41, 5.74) is 9.73. The lowest BCUT2D eigenvalue weighted by Gasteiger charge is -2.11. The van der Waals surface area contributed by atoms with Crippen molar-refractivity contribution < 1.29 is 9.23 Å². The van der Waals surface area contributed by atoms with Crippen LogP contribution in [0.1, 0.15) is 17.9 Å². The molecule has 3 aromatic rings. The zero-order valence-electron chi connectivity index (χ0n) is 14.0. The number of hydroxylamine groups is 1. The summed E-state index contributed by atoms with van der Waals surface area (Å²) in [5, 5.41) is 11.6. The van der Waals surface area contributed by atoms with Gasteiger partial charge in [-0.25, -0.2) is 9.37 Å². The maximum atomic E-state index is 14.3. The maximum absolute atomic E-state index is 14.3. The Morgan fingerprint density at radius 2 is 2.15 bits per heavy atom. The van der Waals surface area contributed by atoms with E-state index in [0.717, 1.165) is 5.39 Å². The molecule has 0 unspecified atom stereocenters. The molecular formula is C18H16ClFN6O. The largest absolute Gasteiger partial charge is 0.371 e. The molecule has 0 saturated heterocycles. The summed E-state index contributed by atoms with van der Waals surface area (Å²) >= 11 is 5.99. The third-order valence-corrected chi connectivity index (χ3v) is 4.54. The topological polar surface area (TPSA) is 109 Å². The van der Waals surface area contributed by atoms with E-state index in [1.54, 1.807) is 24.5 Å². The number of hydrogen-bond donors (Lipinski definition) is 4. The highest BCUT2D eigenvalue weighted by Crippen LogP contribution is 2.43. The van der Waals surface area contributed by atoms with E-state index in [9.17, 15) is 4.39 Å². The zero-order valence-corrected chi connectivity index (χ0v) is 14.8. The van der Waals surface area contributed by atoms with Gasteiger partial charge in [0, 0.05) is 29.4 Å². The molecule has 0 spiro atoms. The monoisotopic (exact) mass is 386 g/mol. The molecule has 1 aliphatic rings. The standard InChI is InChI=1S/C18H16ClFN6O/c19-10-5-9-3-4-23-17(16(9)24-8-10)25-11-1-2-14(20)12(6-11)13-7-15(13)26-27-18(21)22/h1-6,8,13,15,26H,7H2,(H3,21,22)(H,23,25)/t13-,15-/m1/s1.